The van der Waals surface area contributed by atoms with Crippen LogP contribution >= 0.6 is 0 Å². The SMILES string of the molecule is Cc1nc(COc2ccc(S(=O)(=O)N3CCCC3)cc2)ncc1C(=O)O. The molecule has 1 aliphatic rings. The summed E-state index contributed by atoms with van der Waals surface area (Å²) >= 11 is 0. The summed E-state index contributed by atoms with van der Waals surface area (Å²) in [5.74, 6) is -0.250. The highest BCUT2D eigenvalue weighted by molar-refractivity contribution is 7.89. The molecule has 1 saturated heterocycles. The highest BCUT2D eigenvalue weighted by atomic mass is 32.2. The molecular formula is C17H19N3O5S. The fourth-order valence-corrected chi connectivity index (χ4v) is 4.25. The van der Waals surface area contributed by atoms with Crippen molar-refractivity contribution in [2.24, 2.45) is 0 Å². The summed E-state index contributed by atoms with van der Waals surface area (Å²) in [4.78, 5) is 19.3. The van der Waals surface area contributed by atoms with E-state index in [0.29, 0.717) is 30.4 Å². The Labute approximate surface area is 151 Å². The minimum atomic E-state index is -3.44. The number of hydrogen-bond donors (Lipinski definition) is 1. The van der Waals surface area contributed by atoms with Gasteiger partial charge in [0.15, 0.2) is 5.82 Å². The highest BCUT2D eigenvalue weighted by Gasteiger charge is 2.26. The van der Waals surface area contributed by atoms with Gasteiger partial charge in [-0.3, -0.25) is 0 Å². The van der Waals surface area contributed by atoms with Crippen LogP contribution in [0.4, 0.5) is 0 Å². The average Bonchev–Trinajstić information content (AvgIpc) is 3.15. The van der Waals surface area contributed by atoms with E-state index in [1.54, 1.807) is 19.1 Å². The summed E-state index contributed by atoms with van der Waals surface area (Å²) in [7, 11) is -3.44. The largest absolute Gasteiger partial charge is 0.486 e. The van der Waals surface area contributed by atoms with Gasteiger partial charge in [0.25, 0.3) is 0 Å². The Bertz CT molecular complexity index is 906. The molecule has 1 aliphatic heterocycles. The lowest BCUT2D eigenvalue weighted by Gasteiger charge is -2.15. The molecule has 2 aromatic rings. The summed E-state index contributed by atoms with van der Waals surface area (Å²) in [6, 6.07) is 6.20. The smallest absolute Gasteiger partial charge is 0.339 e. The van der Waals surface area contributed by atoms with Gasteiger partial charge in [-0.1, -0.05) is 0 Å². The molecule has 138 valence electrons. The number of sulfonamides is 1. The van der Waals surface area contributed by atoms with Crippen LogP contribution in [0.25, 0.3) is 0 Å². The maximum atomic E-state index is 12.5. The minimum absolute atomic E-state index is 0.0465. The molecule has 0 aliphatic carbocycles. The molecule has 1 fully saturated rings. The topological polar surface area (TPSA) is 110 Å². The average molecular weight is 377 g/mol. The van der Waals surface area contributed by atoms with E-state index >= 15 is 0 Å². The number of benzene rings is 1. The number of ether oxygens (including phenoxy) is 1. The van der Waals surface area contributed by atoms with Crippen molar-refractivity contribution in [1.29, 1.82) is 0 Å². The molecule has 0 radical (unpaired) electrons. The van der Waals surface area contributed by atoms with Crippen molar-refractivity contribution in [3.05, 3.63) is 47.5 Å². The second-order valence-corrected chi connectivity index (χ2v) is 7.90. The summed E-state index contributed by atoms with van der Waals surface area (Å²) in [6.45, 7) is 2.76. The molecule has 0 bridgehead atoms. The van der Waals surface area contributed by atoms with Gasteiger partial charge in [-0.05, 0) is 44.0 Å². The van der Waals surface area contributed by atoms with Crippen molar-refractivity contribution >= 4 is 16.0 Å². The van der Waals surface area contributed by atoms with Crippen LogP contribution in [0.5, 0.6) is 5.75 Å². The van der Waals surface area contributed by atoms with Crippen molar-refractivity contribution in [1.82, 2.24) is 14.3 Å². The molecule has 9 heteroatoms. The van der Waals surface area contributed by atoms with Crippen molar-refractivity contribution in [3.8, 4) is 5.75 Å². The third-order valence-electron chi connectivity index (χ3n) is 4.15. The zero-order valence-corrected chi connectivity index (χ0v) is 15.1. The van der Waals surface area contributed by atoms with Crippen LogP contribution in [0.1, 0.15) is 34.7 Å². The maximum Gasteiger partial charge on any atom is 0.339 e. The van der Waals surface area contributed by atoms with Gasteiger partial charge < -0.3 is 9.84 Å². The molecule has 8 nitrogen and oxygen atoms in total. The quantitative estimate of drug-likeness (QED) is 0.818. The molecule has 3 rings (SSSR count). The molecule has 0 amide bonds. The van der Waals surface area contributed by atoms with Gasteiger partial charge in [0.1, 0.15) is 12.4 Å². The van der Waals surface area contributed by atoms with Crippen LogP contribution in [-0.2, 0) is 16.6 Å². The van der Waals surface area contributed by atoms with Crippen LogP contribution in [0.15, 0.2) is 35.4 Å². The first-order chi connectivity index (χ1) is 12.4. The monoisotopic (exact) mass is 377 g/mol. The van der Waals surface area contributed by atoms with Gasteiger partial charge in [-0.2, -0.15) is 4.31 Å². The standard InChI is InChI=1S/C17H19N3O5S/c1-12-15(17(21)22)10-18-16(19-12)11-25-13-4-6-14(7-5-13)26(23,24)20-8-2-3-9-20/h4-7,10H,2-3,8-9,11H2,1H3,(H,21,22). The molecule has 0 saturated carbocycles. The van der Waals surface area contributed by atoms with E-state index in [9.17, 15) is 13.2 Å². The second-order valence-electron chi connectivity index (χ2n) is 5.96. The molecule has 1 aromatic heterocycles. The third-order valence-corrected chi connectivity index (χ3v) is 6.07. The van der Waals surface area contributed by atoms with Crippen LogP contribution in [0.3, 0.4) is 0 Å². The summed E-state index contributed by atoms with van der Waals surface area (Å²) in [6.07, 6.45) is 3.02. The first-order valence-corrected chi connectivity index (χ1v) is 9.61. The van der Waals surface area contributed by atoms with Crippen LogP contribution in [0.2, 0.25) is 0 Å². The van der Waals surface area contributed by atoms with Crippen molar-refractivity contribution in [2.75, 3.05) is 13.1 Å². The second kappa shape index (κ2) is 7.38. The lowest BCUT2D eigenvalue weighted by molar-refractivity contribution is 0.0695. The fraction of sp³-hybridized carbons (Fsp3) is 0.353. The summed E-state index contributed by atoms with van der Waals surface area (Å²) in [5, 5.41) is 8.97. The highest BCUT2D eigenvalue weighted by Crippen LogP contribution is 2.23. The Morgan fingerprint density at radius 3 is 2.46 bits per heavy atom. The van der Waals surface area contributed by atoms with Crippen molar-refractivity contribution in [3.63, 3.8) is 0 Å². The number of rotatable bonds is 6. The van der Waals surface area contributed by atoms with E-state index in [1.165, 1.54) is 22.6 Å². The minimum Gasteiger partial charge on any atom is -0.486 e. The van der Waals surface area contributed by atoms with Gasteiger partial charge in [0.05, 0.1) is 16.2 Å². The van der Waals surface area contributed by atoms with Crippen LogP contribution in [0, 0.1) is 6.92 Å². The summed E-state index contributed by atoms with van der Waals surface area (Å²) < 4.78 is 32.0. The molecular weight excluding hydrogens is 358 g/mol. The molecule has 2 heterocycles. The number of nitrogens with zero attached hydrogens (tertiary/aromatic N) is 3. The zero-order valence-electron chi connectivity index (χ0n) is 14.3. The number of aromatic carboxylic acids is 1. The fourth-order valence-electron chi connectivity index (χ4n) is 2.73. The van der Waals surface area contributed by atoms with E-state index in [2.05, 4.69) is 9.97 Å². The summed E-state index contributed by atoms with van der Waals surface area (Å²) in [5.41, 5.74) is 0.406. The Balaban J connectivity index is 1.66. The molecule has 0 spiro atoms. The van der Waals surface area contributed by atoms with Crippen molar-refractivity contribution in [2.45, 2.75) is 31.3 Å². The normalized spacial score (nSPS) is 15.1. The van der Waals surface area contributed by atoms with Crippen LogP contribution in [-0.4, -0.2) is 46.9 Å². The number of carboxylic acid groups (broad SMARTS) is 1. The maximum absolute atomic E-state index is 12.5. The Kier molecular flexibility index (Phi) is 5.19. The lowest BCUT2D eigenvalue weighted by Crippen LogP contribution is -2.27. The molecule has 0 unspecified atom stereocenters. The molecule has 0 atom stereocenters. The van der Waals surface area contributed by atoms with Gasteiger partial charge in [0.2, 0.25) is 10.0 Å². The van der Waals surface area contributed by atoms with Gasteiger partial charge >= 0.3 is 5.97 Å². The first kappa shape index (κ1) is 18.3. The predicted octanol–water partition coefficient (Wildman–Crippen LogP) is 1.85. The zero-order chi connectivity index (χ0) is 18.7. The number of hydrogen-bond acceptors (Lipinski definition) is 6. The number of aryl methyl sites for hydroxylation is 1. The third kappa shape index (κ3) is 3.83. The Morgan fingerprint density at radius 2 is 1.88 bits per heavy atom. The van der Waals surface area contributed by atoms with Gasteiger partial charge in [-0.25, -0.2) is 23.2 Å². The van der Waals surface area contributed by atoms with Gasteiger partial charge in [0, 0.05) is 19.3 Å². The molecule has 26 heavy (non-hydrogen) atoms. The predicted molar refractivity (Wildman–Crippen MR) is 92.5 cm³/mol. The molecule has 1 N–H and O–H groups in total. The van der Waals surface area contributed by atoms with E-state index in [1.807, 2.05) is 0 Å². The van der Waals surface area contributed by atoms with E-state index in [-0.39, 0.29) is 17.1 Å². The van der Waals surface area contributed by atoms with Crippen LogP contribution < -0.4 is 4.74 Å². The first-order valence-electron chi connectivity index (χ1n) is 8.17. The number of carboxylic acids is 1. The number of aromatic nitrogens is 2. The lowest BCUT2D eigenvalue weighted by atomic mass is 10.2. The van der Waals surface area contributed by atoms with E-state index in [4.69, 9.17) is 9.84 Å². The van der Waals surface area contributed by atoms with Crippen molar-refractivity contribution < 1.29 is 23.1 Å². The Hall–Kier alpha value is -2.52. The number of carbonyl (C=O) groups is 1. The molecule has 1 aromatic carbocycles. The van der Waals surface area contributed by atoms with Gasteiger partial charge in [-0.15, -0.1) is 0 Å². The van der Waals surface area contributed by atoms with E-state index in [0.717, 1.165) is 12.8 Å². The Morgan fingerprint density at radius 1 is 1.23 bits per heavy atom. The van der Waals surface area contributed by atoms with E-state index < -0.39 is 16.0 Å².